The number of halogens is 1. The summed E-state index contributed by atoms with van der Waals surface area (Å²) in [4.78, 5) is 0. The fourth-order valence-corrected chi connectivity index (χ4v) is 2.25. The Morgan fingerprint density at radius 1 is 1.38 bits per heavy atom. The van der Waals surface area contributed by atoms with Gasteiger partial charge >= 0.3 is 0 Å². The van der Waals surface area contributed by atoms with Crippen molar-refractivity contribution in [3.8, 4) is 0 Å². The van der Waals surface area contributed by atoms with Crippen molar-refractivity contribution in [2.75, 3.05) is 13.1 Å². The highest BCUT2D eigenvalue weighted by molar-refractivity contribution is 9.10. The molecule has 2 rings (SSSR count). The van der Waals surface area contributed by atoms with Gasteiger partial charge in [0.15, 0.2) is 0 Å². The fraction of sp³-hybridized carbons (Fsp3) is 0.538. The Kier molecular flexibility index (Phi) is 4.00. The zero-order chi connectivity index (χ0) is 11.4. The van der Waals surface area contributed by atoms with Crippen LogP contribution in [0.1, 0.15) is 25.3 Å². The lowest BCUT2D eigenvalue weighted by atomic mass is 9.96. The first-order valence-corrected chi connectivity index (χ1v) is 6.56. The van der Waals surface area contributed by atoms with Crippen molar-refractivity contribution in [3.63, 3.8) is 0 Å². The van der Waals surface area contributed by atoms with Gasteiger partial charge in [-0.3, -0.25) is 0 Å². The third-order valence-electron chi connectivity index (χ3n) is 3.06. The van der Waals surface area contributed by atoms with Crippen molar-refractivity contribution in [1.29, 1.82) is 0 Å². The van der Waals surface area contributed by atoms with E-state index in [0.29, 0.717) is 6.61 Å². The lowest BCUT2D eigenvalue weighted by Gasteiger charge is -2.34. The molecule has 0 aliphatic carbocycles. The minimum Gasteiger partial charge on any atom is -0.369 e. The average Bonchev–Trinajstić information content (AvgIpc) is 2.29. The Balaban J connectivity index is 1.88. The summed E-state index contributed by atoms with van der Waals surface area (Å²) in [6, 6.07) is 8.31. The average molecular weight is 284 g/mol. The van der Waals surface area contributed by atoms with Crippen LogP contribution in [0.2, 0.25) is 0 Å². The lowest BCUT2D eigenvalue weighted by molar-refractivity contribution is -0.0571. The van der Waals surface area contributed by atoms with Crippen molar-refractivity contribution in [1.82, 2.24) is 5.32 Å². The van der Waals surface area contributed by atoms with Crippen LogP contribution in [-0.4, -0.2) is 18.7 Å². The predicted octanol–water partition coefficient (Wildman–Crippen LogP) is 3.11. The summed E-state index contributed by atoms with van der Waals surface area (Å²) in [6.07, 6.45) is 2.35. The van der Waals surface area contributed by atoms with Crippen LogP contribution < -0.4 is 5.32 Å². The molecule has 2 nitrogen and oxygen atoms in total. The third-order valence-corrected chi connectivity index (χ3v) is 3.59. The van der Waals surface area contributed by atoms with Gasteiger partial charge in [0.25, 0.3) is 0 Å². The van der Waals surface area contributed by atoms with Gasteiger partial charge in [-0.25, -0.2) is 0 Å². The van der Waals surface area contributed by atoms with E-state index in [2.05, 4.69) is 52.4 Å². The topological polar surface area (TPSA) is 21.3 Å². The Morgan fingerprint density at radius 3 is 2.75 bits per heavy atom. The molecule has 0 saturated carbocycles. The summed E-state index contributed by atoms with van der Waals surface area (Å²) in [5, 5.41) is 3.39. The molecule has 0 aromatic heterocycles. The van der Waals surface area contributed by atoms with Gasteiger partial charge in [-0.15, -0.1) is 0 Å². The van der Waals surface area contributed by atoms with Crippen molar-refractivity contribution >= 4 is 15.9 Å². The van der Waals surface area contributed by atoms with Crippen LogP contribution in [0.3, 0.4) is 0 Å². The zero-order valence-corrected chi connectivity index (χ0v) is 11.2. The van der Waals surface area contributed by atoms with E-state index in [1.807, 2.05) is 0 Å². The molecule has 1 fully saturated rings. The molecule has 1 aromatic carbocycles. The summed E-state index contributed by atoms with van der Waals surface area (Å²) in [5.74, 6) is 0. The molecule has 16 heavy (non-hydrogen) atoms. The molecule has 0 bridgehead atoms. The summed E-state index contributed by atoms with van der Waals surface area (Å²) in [6.45, 7) is 4.98. The molecule has 1 aliphatic rings. The first-order chi connectivity index (χ1) is 7.68. The summed E-state index contributed by atoms with van der Waals surface area (Å²) < 4.78 is 7.13. The summed E-state index contributed by atoms with van der Waals surface area (Å²) in [7, 11) is 0. The van der Waals surface area contributed by atoms with Crippen LogP contribution in [0, 0.1) is 0 Å². The standard InChI is InChI=1S/C13H18BrNO/c1-13(7-2-8-15-10-13)16-9-11-3-5-12(14)6-4-11/h3-6,15H,2,7-10H2,1H3. The van der Waals surface area contributed by atoms with Crippen molar-refractivity contribution in [2.24, 2.45) is 0 Å². The summed E-state index contributed by atoms with van der Waals surface area (Å²) in [5.41, 5.74) is 1.24. The van der Waals surface area contributed by atoms with Crippen molar-refractivity contribution in [2.45, 2.75) is 32.0 Å². The number of hydrogen-bond acceptors (Lipinski definition) is 2. The largest absolute Gasteiger partial charge is 0.369 e. The van der Waals surface area contributed by atoms with Gasteiger partial charge in [-0.1, -0.05) is 28.1 Å². The molecular weight excluding hydrogens is 266 g/mol. The number of piperidine rings is 1. The first-order valence-electron chi connectivity index (χ1n) is 5.77. The maximum absolute atomic E-state index is 6.02. The van der Waals surface area contributed by atoms with E-state index >= 15 is 0 Å². The third kappa shape index (κ3) is 3.30. The molecule has 1 saturated heterocycles. The number of nitrogens with one attached hydrogen (secondary N) is 1. The Labute approximate surface area is 106 Å². The maximum atomic E-state index is 6.02. The van der Waals surface area contributed by atoms with Gasteiger partial charge in [0.2, 0.25) is 0 Å². The number of benzene rings is 1. The summed E-state index contributed by atoms with van der Waals surface area (Å²) >= 11 is 3.43. The van der Waals surface area contributed by atoms with Gasteiger partial charge in [-0.05, 0) is 44.0 Å². The van der Waals surface area contributed by atoms with Crippen LogP contribution in [-0.2, 0) is 11.3 Å². The molecule has 1 aliphatic heterocycles. The van der Waals surface area contributed by atoms with Crippen LogP contribution in [0.5, 0.6) is 0 Å². The Bertz CT molecular complexity index is 330. The predicted molar refractivity (Wildman–Crippen MR) is 69.4 cm³/mol. The number of hydrogen-bond donors (Lipinski definition) is 1. The molecule has 3 heteroatoms. The Hall–Kier alpha value is -0.380. The molecule has 1 unspecified atom stereocenters. The lowest BCUT2D eigenvalue weighted by Crippen LogP contribution is -2.45. The molecule has 0 spiro atoms. The molecule has 0 amide bonds. The second-order valence-corrected chi connectivity index (χ2v) is 5.56. The van der Waals surface area contributed by atoms with Crippen molar-refractivity contribution < 1.29 is 4.74 Å². The number of rotatable bonds is 3. The van der Waals surface area contributed by atoms with Gasteiger partial charge in [-0.2, -0.15) is 0 Å². The van der Waals surface area contributed by atoms with E-state index in [-0.39, 0.29) is 5.60 Å². The maximum Gasteiger partial charge on any atom is 0.0783 e. The van der Waals surface area contributed by atoms with Crippen molar-refractivity contribution in [3.05, 3.63) is 34.3 Å². The number of ether oxygens (including phenoxy) is 1. The van der Waals surface area contributed by atoms with Gasteiger partial charge in [0.1, 0.15) is 0 Å². The van der Waals surface area contributed by atoms with Gasteiger partial charge in [0.05, 0.1) is 12.2 Å². The smallest absolute Gasteiger partial charge is 0.0783 e. The van der Waals surface area contributed by atoms with Gasteiger partial charge in [0, 0.05) is 11.0 Å². The van der Waals surface area contributed by atoms with E-state index in [0.717, 1.165) is 24.0 Å². The highest BCUT2D eigenvalue weighted by Gasteiger charge is 2.27. The SMILES string of the molecule is CC1(OCc2ccc(Br)cc2)CCCNC1. The zero-order valence-electron chi connectivity index (χ0n) is 9.63. The van der Waals surface area contributed by atoms with Crippen LogP contribution in [0.4, 0.5) is 0 Å². The van der Waals surface area contributed by atoms with Crippen LogP contribution >= 0.6 is 15.9 Å². The molecule has 88 valence electrons. The molecule has 1 heterocycles. The minimum atomic E-state index is 0.00528. The highest BCUT2D eigenvalue weighted by atomic mass is 79.9. The fourth-order valence-electron chi connectivity index (χ4n) is 1.99. The van der Waals surface area contributed by atoms with E-state index in [1.165, 1.54) is 12.0 Å². The first kappa shape index (κ1) is 12.1. The second kappa shape index (κ2) is 5.30. The molecule has 1 atom stereocenters. The van der Waals surface area contributed by atoms with Crippen LogP contribution in [0.15, 0.2) is 28.7 Å². The monoisotopic (exact) mass is 283 g/mol. The molecule has 1 aromatic rings. The molecular formula is C13H18BrNO. The molecule has 0 radical (unpaired) electrons. The Morgan fingerprint density at radius 2 is 2.12 bits per heavy atom. The van der Waals surface area contributed by atoms with E-state index in [1.54, 1.807) is 0 Å². The second-order valence-electron chi connectivity index (χ2n) is 4.65. The normalized spacial score (nSPS) is 25.6. The van der Waals surface area contributed by atoms with Crippen LogP contribution in [0.25, 0.3) is 0 Å². The van der Waals surface area contributed by atoms with E-state index in [4.69, 9.17) is 4.74 Å². The van der Waals surface area contributed by atoms with E-state index in [9.17, 15) is 0 Å². The quantitative estimate of drug-likeness (QED) is 0.921. The van der Waals surface area contributed by atoms with E-state index < -0.39 is 0 Å². The molecule has 1 N–H and O–H groups in total. The van der Waals surface area contributed by atoms with Gasteiger partial charge < -0.3 is 10.1 Å². The minimum absolute atomic E-state index is 0.00528. The highest BCUT2D eigenvalue weighted by Crippen LogP contribution is 2.22.